The Morgan fingerprint density at radius 2 is 2.36 bits per heavy atom. The molecule has 1 fully saturated rings. The summed E-state index contributed by atoms with van der Waals surface area (Å²) >= 11 is 0. The zero-order valence-electron chi connectivity index (χ0n) is 6.26. The molecule has 0 aromatic rings. The fourth-order valence-electron chi connectivity index (χ4n) is 1.33. The van der Waals surface area contributed by atoms with Crippen molar-refractivity contribution in [2.45, 2.75) is 12.8 Å². The lowest BCUT2D eigenvalue weighted by Crippen LogP contribution is -2.26. The molecule has 0 radical (unpaired) electrons. The lowest BCUT2D eigenvalue weighted by molar-refractivity contribution is 0.0988. The van der Waals surface area contributed by atoms with Crippen LogP contribution in [-0.2, 0) is 0 Å². The molecule has 0 saturated carbocycles. The van der Waals surface area contributed by atoms with Crippen molar-refractivity contribution in [2.24, 2.45) is 5.92 Å². The summed E-state index contributed by atoms with van der Waals surface area (Å²) in [4.78, 5) is 1.72. The highest BCUT2D eigenvalue weighted by molar-refractivity contribution is 4.97. The molecule has 0 aromatic heterocycles. The van der Waals surface area contributed by atoms with Crippen molar-refractivity contribution in [2.75, 3.05) is 19.6 Å². The number of hydrogen-bond donors (Lipinski definition) is 0. The molecule has 11 heavy (non-hydrogen) atoms. The number of rotatable bonds is 2. The maximum absolute atomic E-state index is 11.8. The van der Waals surface area contributed by atoms with E-state index >= 15 is 0 Å². The summed E-state index contributed by atoms with van der Waals surface area (Å²) in [5.41, 5.74) is 0. The van der Waals surface area contributed by atoms with Crippen LogP contribution < -0.4 is 0 Å². The fourth-order valence-corrected chi connectivity index (χ4v) is 1.33. The van der Waals surface area contributed by atoms with Gasteiger partial charge in [-0.2, -0.15) is 0 Å². The lowest BCUT2D eigenvalue weighted by atomic mass is 10.1. The van der Waals surface area contributed by atoms with Crippen molar-refractivity contribution in [3.8, 4) is 12.3 Å². The zero-order chi connectivity index (χ0) is 8.27. The van der Waals surface area contributed by atoms with Crippen LogP contribution in [0.2, 0.25) is 0 Å². The van der Waals surface area contributed by atoms with Crippen LogP contribution in [0.4, 0.5) is 8.78 Å². The third-order valence-corrected chi connectivity index (χ3v) is 1.90. The molecular weight excluding hydrogens is 148 g/mol. The molecule has 1 rings (SSSR count). The van der Waals surface area contributed by atoms with Gasteiger partial charge in [0.1, 0.15) is 0 Å². The average molecular weight is 159 g/mol. The Morgan fingerprint density at radius 1 is 1.64 bits per heavy atom. The first-order valence-corrected chi connectivity index (χ1v) is 3.69. The highest BCUT2D eigenvalue weighted by atomic mass is 19.3. The third kappa shape index (κ3) is 2.47. The van der Waals surface area contributed by atoms with E-state index in [1.54, 1.807) is 4.90 Å². The minimum Gasteiger partial charge on any atom is -0.296 e. The molecule has 62 valence electrons. The minimum absolute atomic E-state index is 0.127. The molecule has 0 aliphatic carbocycles. The highest BCUT2D eigenvalue weighted by Crippen LogP contribution is 2.15. The van der Waals surface area contributed by atoms with Gasteiger partial charge in [-0.05, 0) is 13.0 Å². The maximum atomic E-state index is 11.8. The van der Waals surface area contributed by atoms with Crippen LogP contribution in [0.15, 0.2) is 0 Å². The van der Waals surface area contributed by atoms with Gasteiger partial charge in [0.05, 0.1) is 6.54 Å². The Morgan fingerprint density at radius 3 is 2.82 bits per heavy atom. The molecule has 1 aliphatic rings. The molecule has 0 aromatic carbocycles. The van der Waals surface area contributed by atoms with Crippen LogP contribution in [0, 0.1) is 18.3 Å². The molecule has 0 bridgehead atoms. The second-order valence-corrected chi connectivity index (χ2v) is 2.80. The summed E-state index contributed by atoms with van der Waals surface area (Å²) in [5, 5.41) is 0. The highest BCUT2D eigenvalue weighted by Gasteiger charge is 2.22. The SMILES string of the molecule is C#CC1CCN(CC(F)F)C1. The molecule has 0 N–H and O–H groups in total. The van der Waals surface area contributed by atoms with Gasteiger partial charge < -0.3 is 0 Å². The van der Waals surface area contributed by atoms with Crippen molar-refractivity contribution in [1.29, 1.82) is 0 Å². The summed E-state index contributed by atoms with van der Waals surface area (Å²) in [7, 11) is 0. The first-order chi connectivity index (χ1) is 5.22. The van der Waals surface area contributed by atoms with Crippen LogP contribution in [0.5, 0.6) is 0 Å². The monoisotopic (exact) mass is 159 g/mol. The van der Waals surface area contributed by atoms with E-state index in [2.05, 4.69) is 5.92 Å². The normalized spacial score (nSPS) is 25.8. The summed E-state index contributed by atoms with van der Waals surface area (Å²) < 4.78 is 23.6. The number of nitrogens with zero attached hydrogens (tertiary/aromatic N) is 1. The molecule has 1 saturated heterocycles. The molecule has 1 nitrogen and oxygen atoms in total. The Bertz CT molecular complexity index is 162. The summed E-state index contributed by atoms with van der Waals surface area (Å²) in [6.07, 6.45) is 3.80. The van der Waals surface area contributed by atoms with Crippen LogP contribution in [-0.4, -0.2) is 31.0 Å². The number of alkyl halides is 2. The van der Waals surface area contributed by atoms with Gasteiger partial charge in [0.15, 0.2) is 0 Å². The van der Waals surface area contributed by atoms with E-state index in [0.717, 1.165) is 13.0 Å². The van der Waals surface area contributed by atoms with Gasteiger partial charge in [-0.1, -0.05) is 0 Å². The smallest absolute Gasteiger partial charge is 0.251 e. The van der Waals surface area contributed by atoms with Gasteiger partial charge in [-0.3, -0.25) is 4.90 Å². The topological polar surface area (TPSA) is 3.24 Å². The van der Waals surface area contributed by atoms with Gasteiger partial charge >= 0.3 is 0 Å². The Balaban J connectivity index is 2.26. The fraction of sp³-hybridized carbons (Fsp3) is 0.750. The largest absolute Gasteiger partial charge is 0.296 e. The van der Waals surface area contributed by atoms with Crippen molar-refractivity contribution in [3.05, 3.63) is 0 Å². The minimum atomic E-state index is -2.23. The predicted octanol–water partition coefficient (Wildman–Crippen LogP) is 1.21. The van der Waals surface area contributed by atoms with E-state index in [4.69, 9.17) is 6.42 Å². The average Bonchev–Trinajstić information content (AvgIpc) is 2.34. The van der Waals surface area contributed by atoms with E-state index in [9.17, 15) is 8.78 Å². The second-order valence-electron chi connectivity index (χ2n) is 2.80. The molecule has 1 heterocycles. The summed E-state index contributed by atoms with van der Waals surface area (Å²) in [6, 6.07) is 0. The molecule has 1 unspecified atom stereocenters. The van der Waals surface area contributed by atoms with Gasteiger partial charge in [-0.25, -0.2) is 8.78 Å². The Labute approximate surface area is 65.4 Å². The first-order valence-electron chi connectivity index (χ1n) is 3.69. The number of likely N-dealkylation sites (tertiary alicyclic amines) is 1. The quantitative estimate of drug-likeness (QED) is 0.547. The van der Waals surface area contributed by atoms with Gasteiger partial charge in [0.2, 0.25) is 0 Å². The van der Waals surface area contributed by atoms with E-state index in [0.29, 0.717) is 6.54 Å². The van der Waals surface area contributed by atoms with Crippen LogP contribution >= 0.6 is 0 Å². The van der Waals surface area contributed by atoms with E-state index < -0.39 is 6.43 Å². The number of hydrogen-bond acceptors (Lipinski definition) is 1. The van der Waals surface area contributed by atoms with Gasteiger partial charge in [0, 0.05) is 12.5 Å². The number of terminal acetylenes is 1. The van der Waals surface area contributed by atoms with E-state index in [-0.39, 0.29) is 12.5 Å². The Kier molecular flexibility index (Phi) is 2.84. The van der Waals surface area contributed by atoms with Crippen LogP contribution in [0.3, 0.4) is 0 Å². The van der Waals surface area contributed by atoms with Gasteiger partial charge in [-0.15, -0.1) is 12.3 Å². The third-order valence-electron chi connectivity index (χ3n) is 1.90. The van der Waals surface area contributed by atoms with Gasteiger partial charge in [0.25, 0.3) is 6.43 Å². The summed E-state index contributed by atoms with van der Waals surface area (Å²) in [6.45, 7) is 1.23. The maximum Gasteiger partial charge on any atom is 0.251 e. The molecule has 1 aliphatic heterocycles. The van der Waals surface area contributed by atoms with Crippen molar-refractivity contribution >= 4 is 0 Å². The standard InChI is InChI=1S/C8H11F2N/c1-2-7-3-4-11(5-7)6-8(9)10/h1,7-8H,3-6H2. The molecule has 1 atom stereocenters. The zero-order valence-corrected chi connectivity index (χ0v) is 6.26. The first kappa shape index (κ1) is 8.48. The molecular formula is C8H11F2N. The Hall–Kier alpha value is -0.620. The van der Waals surface area contributed by atoms with Crippen molar-refractivity contribution < 1.29 is 8.78 Å². The van der Waals surface area contributed by atoms with E-state index in [1.165, 1.54) is 0 Å². The lowest BCUT2D eigenvalue weighted by Gasteiger charge is -2.12. The van der Waals surface area contributed by atoms with E-state index in [1.807, 2.05) is 0 Å². The predicted molar refractivity (Wildman–Crippen MR) is 39.4 cm³/mol. The molecule has 0 spiro atoms. The number of halogens is 2. The summed E-state index contributed by atoms with van der Waals surface area (Å²) in [5.74, 6) is 2.77. The molecule has 0 amide bonds. The van der Waals surface area contributed by atoms with Crippen LogP contribution in [0.25, 0.3) is 0 Å². The van der Waals surface area contributed by atoms with Crippen molar-refractivity contribution in [1.82, 2.24) is 4.90 Å². The molecule has 3 heteroatoms. The van der Waals surface area contributed by atoms with Crippen molar-refractivity contribution in [3.63, 3.8) is 0 Å². The second kappa shape index (κ2) is 3.68. The van der Waals surface area contributed by atoms with Crippen LogP contribution in [0.1, 0.15) is 6.42 Å².